The lowest BCUT2D eigenvalue weighted by Crippen LogP contribution is -2.13. The number of carbonyl (C=O) groups excluding carboxylic acids is 1. The van der Waals surface area contributed by atoms with E-state index in [4.69, 9.17) is 0 Å². The maximum Gasteiger partial charge on any atom is 0.309 e. The van der Waals surface area contributed by atoms with Gasteiger partial charge in [-0.05, 0) is 5.56 Å². The van der Waals surface area contributed by atoms with Crippen molar-refractivity contribution in [3.63, 3.8) is 0 Å². The first-order valence-corrected chi connectivity index (χ1v) is 4.11. The summed E-state index contributed by atoms with van der Waals surface area (Å²) in [5.41, 5.74) is -0.904. The fourth-order valence-corrected chi connectivity index (χ4v) is 1.11. The maximum absolute atomic E-state index is 12.4. The van der Waals surface area contributed by atoms with Crippen LogP contribution >= 0.6 is 0 Å². The molecular weight excluding hydrogens is 208 g/mol. The summed E-state index contributed by atoms with van der Waals surface area (Å²) in [7, 11) is 1.15. The number of methoxy groups -OCH3 is 1. The lowest BCUT2D eigenvalue weighted by atomic mass is 10.1. The number of alkyl halides is 2. The largest absolute Gasteiger partial charge is 0.469 e. The summed E-state index contributed by atoms with van der Waals surface area (Å²) < 4.78 is 29.2. The van der Waals surface area contributed by atoms with Crippen LogP contribution in [0.1, 0.15) is 17.6 Å². The smallest absolute Gasteiger partial charge is 0.309 e. The van der Waals surface area contributed by atoms with Gasteiger partial charge >= 0.3 is 5.97 Å². The minimum absolute atomic E-state index is 0.0133. The molecule has 0 radical (unpaired) electrons. The molecule has 0 bridgehead atoms. The van der Waals surface area contributed by atoms with Crippen LogP contribution in [0.2, 0.25) is 0 Å². The summed E-state index contributed by atoms with van der Waals surface area (Å²) in [6, 6.07) is 0.971. The Balaban J connectivity index is 3.07. The summed E-state index contributed by atoms with van der Waals surface area (Å²) in [5.74, 6) is -0.664. The average molecular weight is 217 g/mol. The molecule has 0 saturated carbocycles. The average Bonchev–Trinajstić information content (AvgIpc) is 2.17. The number of hydrogen-bond acceptors (Lipinski definition) is 3. The van der Waals surface area contributed by atoms with Crippen molar-refractivity contribution in [3.05, 3.63) is 33.7 Å². The SMILES string of the molecule is COC(=O)Cc1cc(=O)[nH]cc1C(F)F. The van der Waals surface area contributed by atoms with Gasteiger partial charge in [0.1, 0.15) is 0 Å². The van der Waals surface area contributed by atoms with Crippen LogP contribution in [0.3, 0.4) is 0 Å². The van der Waals surface area contributed by atoms with Gasteiger partial charge in [-0.15, -0.1) is 0 Å². The number of rotatable bonds is 3. The standard InChI is InChI=1S/C9H9F2NO3/c1-15-8(14)3-5-2-7(13)12-4-6(5)9(10)11/h2,4,9H,3H2,1H3,(H,12,13). The molecule has 1 aromatic heterocycles. The first-order valence-electron chi connectivity index (χ1n) is 4.11. The van der Waals surface area contributed by atoms with E-state index in [9.17, 15) is 18.4 Å². The normalized spacial score (nSPS) is 10.4. The van der Waals surface area contributed by atoms with Crippen molar-refractivity contribution < 1.29 is 18.3 Å². The summed E-state index contributed by atoms with van der Waals surface area (Å²) in [6.45, 7) is 0. The van der Waals surface area contributed by atoms with Crippen LogP contribution in [0.4, 0.5) is 8.78 Å². The van der Waals surface area contributed by atoms with Crippen LogP contribution in [-0.4, -0.2) is 18.1 Å². The summed E-state index contributed by atoms with van der Waals surface area (Å²) in [5, 5.41) is 0. The fraction of sp³-hybridized carbons (Fsp3) is 0.333. The van der Waals surface area contributed by atoms with E-state index in [0.29, 0.717) is 0 Å². The Morgan fingerprint density at radius 1 is 1.60 bits per heavy atom. The van der Waals surface area contributed by atoms with E-state index in [1.807, 2.05) is 0 Å². The number of esters is 1. The summed E-state index contributed by atoms with van der Waals surface area (Å²) >= 11 is 0. The molecule has 0 saturated heterocycles. The summed E-state index contributed by atoms with van der Waals surface area (Å²) in [4.78, 5) is 23.9. The van der Waals surface area contributed by atoms with E-state index in [0.717, 1.165) is 19.4 Å². The molecule has 0 unspecified atom stereocenters. The lowest BCUT2D eigenvalue weighted by Gasteiger charge is -2.06. The van der Waals surface area contributed by atoms with E-state index < -0.39 is 18.0 Å². The number of aromatic amines is 1. The zero-order valence-electron chi connectivity index (χ0n) is 7.92. The van der Waals surface area contributed by atoms with Gasteiger partial charge in [-0.1, -0.05) is 0 Å². The van der Waals surface area contributed by atoms with Gasteiger partial charge in [-0.2, -0.15) is 0 Å². The zero-order chi connectivity index (χ0) is 11.4. The predicted molar refractivity (Wildman–Crippen MR) is 47.7 cm³/mol. The van der Waals surface area contributed by atoms with Crippen molar-refractivity contribution in [1.29, 1.82) is 0 Å². The third kappa shape index (κ3) is 2.87. The number of aromatic nitrogens is 1. The van der Waals surface area contributed by atoms with Crippen molar-refractivity contribution in [1.82, 2.24) is 4.98 Å². The van der Waals surface area contributed by atoms with Gasteiger partial charge in [0.15, 0.2) is 0 Å². The molecule has 0 aromatic carbocycles. The highest BCUT2D eigenvalue weighted by Crippen LogP contribution is 2.21. The maximum atomic E-state index is 12.4. The van der Waals surface area contributed by atoms with Crippen molar-refractivity contribution >= 4 is 5.97 Å². The molecule has 6 heteroatoms. The predicted octanol–water partition coefficient (Wildman–Crippen LogP) is 1.03. The van der Waals surface area contributed by atoms with Crippen LogP contribution in [-0.2, 0) is 16.0 Å². The fourth-order valence-electron chi connectivity index (χ4n) is 1.11. The monoisotopic (exact) mass is 217 g/mol. The molecule has 82 valence electrons. The molecule has 1 aromatic rings. The van der Waals surface area contributed by atoms with Crippen LogP contribution in [0.25, 0.3) is 0 Å². The van der Waals surface area contributed by atoms with Gasteiger partial charge in [0.05, 0.1) is 13.5 Å². The molecule has 0 spiro atoms. The van der Waals surface area contributed by atoms with E-state index in [1.165, 1.54) is 0 Å². The number of ether oxygens (including phenoxy) is 1. The molecule has 1 heterocycles. The van der Waals surface area contributed by atoms with Gasteiger partial charge < -0.3 is 9.72 Å². The van der Waals surface area contributed by atoms with Crippen LogP contribution in [0.15, 0.2) is 17.1 Å². The third-order valence-corrected chi connectivity index (χ3v) is 1.84. The molecule has 4 nitrogen and oxygen atoms in total. The minimum Gasteiger partial charge on any atom is -0.469 e. The molecule has 0 fully saturated rings. The molecule has 15 heavy (non-hydrogen) atoms. The number of halogens is 2. The number of nitrogens with one attached hydrogen (secondary N) is 1. The van der Waals surface area contributed by atoms with E-state index >= 15 is 0 Å². The molecule has 0 aliphatic heterocycles. The Kier molecular flexibility index (Phi) is 3.54. The number of hydrogen-bond donors (Lipinski definition) is 1. The van der Waals surface area contributed by atoms with Crippen molar-refractivity contribution in [3.8, 4) is 0 Å². The Morgan fingerprint density at radius 2 is 2.27 bits per heavy atom. The lowest BCUT2D eigenvalue weighted by molar-refractivity contribution is -0.139. The van der Waals surface area contributed by atoms with Crippen LogP contribution in [0, 0.1) is 0 Å². The Labute approximate surface area is 83.9 Å². The molecule has 0 atom stereocenters. The quantitative estimate of drug-likeness (QED) is 0.769. The van der Waals surface area contributed by atoms with Gasteiger partial charge in [0, 0.05) is 17.8 Å². The number of carbonyl (C=O) groups is 1. The first-order chi connectivity index (χ1) is 7.04. The Morgan fingerprint density at radius 3 is 2.80 bits per heavy atom. The molecule has 1 N–H and O–H groups in total. The van der Waals surface area contributed by atoms with Gasteiger partial charge in [0.2, 0.25) is 5.56 Å². The Bertz CT molecular complexity index is 414. The number of pyridine rings is 1. The molecule has 0 aliphatic rings. The van der Waals surface area contributed by atoms with E-state index in [2.05, 4.69) is 9.72 Å². The Hall–Kier alpha value is -1.72. The van der Waals surface area contributed by atoms with E-state index in [1.54, 1.807) is 0 Å². The third-order valence-electron chi connectivity index (χ3n) is 1.84. The highest BCUT2D eigenvalue weighted by molar-refractivity contribution is 5.72. The summed E-state index contributed by atoms with van der Waals surface area (Å²) in [6.07, 6.45) is -2.16. The van der Waals surface area contributed by atoms with Gasteiger partial charge in [0.25, 0.3) is 6.43 Å². The zero-order valence-corrected chi connectivity index (χ0v) is 7.92. The highest BCUT2D eigenvalue weighted by atomic mass is 19.3. The molecular formula is C9H9F2NO3. The second-order valence-electron chi connectivity index (χ2n) is 2.83. The molecule has 0 aliphatic carbocycles. The topological polar surface area (TPSA) is 59.2 Å². The van der Waals surface area contributed by atoms with Crippen molar-refractivity contribution in [2.75, 3.05) is 7.11 Å². The minimum atomic E-state index is -2.73. The van der Waals surface area contributed by atoms with Gasteiger partial charge in [-0.3, -0.25) is 9.59 Å². The second-order valence-corrected chi connectivity index (χ2v) is 2.83. The number of H-pyrrole nitrogens is 1. The van der Waals surface area contributed by atoms with E-state index in [-0.39, 0.29) is 17.5 Å². The molecule has 0 amide bonds. The van der Waals surface area contributed by atoms with Crippen LogP contribution in [0.5, 0.6) is 0 Å². The second kappa shape index (κ2) is 4.68. The van der Waals surface area contributed by atoms with Crippen molar-refractivity contribution in [2.45, 2.75) is 12.8 Å². The van der Waals surface area contributed by atoms with Gasteiger partial charge in [-0.25, -0.2) is 8.78 Å². The van der Waals surface area contributed by atoms with Crippen LogP contribution < -0.4 is 5.56 Å². The molecule has 1 rings (SSSR count). The first kappa shape index (κ1) is 11.4. The van der Waals surface area contributed by atoms with Crippen molar-refractivity contribution in [2.24, 2.45) is 0 Å². The highest BCUT2D eigenvalue weighted by Gasteiger charge is 2.15.